The highest BCUT2D eigenvalue weighted by atomic mass is 16.8. The third kappa shape index (κ3) is 3.24. The summed E-state index contributed by atoms with van der Waals surface area (Å²) < 4.78 is 15.9. The smallest absolute Gasteiger partial charge is 0.224 e. The van der Waals surface area contributed by atoms with Crippen LogP contribution in [0.5, 0.6) is 0 Å². The summed E-state index contributed by atoms with van der Waals surface area (Å²) in [6.07, 6.45) is -11.1. The van der Waals surface area contributed by atoms with Crippen molar-refractivity contribution in [3.8, 4) is 0 Å². The van der Waals surface area contributed by atoms with Crippen LogP contribution >= 0.6 is 0 Å². The summed E-state index contributed by atoms with van der Waals surface area (Å²) in [4.78, 5) is 0. The monoisotopic (exact) mass is 340 g/mol. The van der Waals surface area contributed by atoms with Crippen LogP contribution in [0.25, 0.3) is 0 Å². The van der Waals surface area contributed by atoms with Crippen molar-refractivity contribution >= 4 is 0 Å². The third-order valence-corrected chi connectivity index (χ3v) is 4.29. The van der Waals surface area contributed by atoms with E-state index in [1.807, 2.05) is 0 Å². The SMILES string of the molecule is CC[C@H]1O[C@H](O[C@]2(CO)O[C@H](CO)[C@@H](O)[C@@H]2O)[C@H](O)[C@@H](O)[C@@H]1O. The first-order chi connectivity index (χ1) is 10.8. The van der Waals surface area contributed by atoms with Gasteiger partial charge in [0, 0.05) is 0 Å². The second-order valence-electron chi connectivity index (χ2n) is 5.79. The molecule has 9 atom stereocenters. The molecular formula is C13H24O10. The van der Waals surface area contributed by atoms with E-state index in [-0.39, 0.29) is 0 Å². The molecule has 0 saturated carbocycles. The molecule has 10 nitrogen and oxygen atoms in total. The molecule has 0 radical (unpaired) electrons. The third-order valence-electron chi connectivity index (χ3n) is 4.29. The molecule has 2 heterocycles. The summed E-state index contributed by atoms with van der Waals surface area (Å²) in [6, 6.07) is 0. The van der Waals surface area contributed by atoms with Crippen molar-refractivity contribution in [1.29, 1.82) is 0 Å². The van der Waals surface area contributed by atoms with E-state index >= 15 is 0 Å². The zero-order valence-corrected chi connectivity index (χ0v) is 12.6. The Bertz CT molecular complexity index is 393. The van der Waals surface area contributed by atoms with Crippen LogP contribution in [0.4, 0.5) is 0 Å². The van der Waals surface area contributed by atoms with Gasteiger partial charge in [-0.25, -0.2) is 0 Å². The minimum atomic E-state index is -2.14. The number of rotatable bonds is 5. The quantitative estimate of drug-likeness (QED) is 0.262. The molecule has 2 rings (SSSR count). The Labute approximate surface area is 132 Å². The molecular weight excluding hydrogens is 316 g/mol. The van der Waals surface area contributed by atoms with Gasteiger partial charge in [0.15, 0.2) is 6.29 Å². The number of aliphatic hydroxyl groups excluding tert-OH is 7. The van der Waals surface area contributed by atoms with Gasteiger partial charge in [0.05, 0.1) is 12.7 Å². The molecule has 0 amide bonds. The van der Waals surface area contributed by atoms with Gasteiger partial charge in [-0.1, -0.05) is 6.92 Å². The molecule has 0 aromatic rings. The summed E-state index contributed by atoms with van der Waals surface area (Å²) in [5.41, 5.74) is 0. The molecule has 10 heteroatoms. The Balaban J connectivity index is 2.18. The van der Waals surface area contributed by atoms with Crippen molar-refractivity contribution in [3.63, 3.8) is 0 Å². The van der Waals surface area contributed by atoms with Crippen LogP contribution in [0.2, 0.25) is 0 Å². The number of hydrogen-bond donors (Lipinski definition) is 7. The summed E-state index contributed by atoms with van der Waals surface area (Å²) in [5, 5.41) is 68.1. The highest BCUT2D eigenvalue weighted by Crippen LogP contribution is 2.36. The molecule has 2 fully saturated rings. The van der Waals surface area contributed by atoms with Crippen molar-refractivity contribution in [1.82, 2.24) is 0 Å². The fraction of sp³-hybridized carbons (Fsp3) is 1.00. The fourth-order valence-electron chi connectivity index (χ4n) is 2.82. The maximum absolute atomic E-state index is 10.0. The van der Waals surface area contributed by atoms with Gasteiger partial charge in [-0.3, -0.25) is 0 Å². The topological polar surface area (TPSA) is 169 Å². The van der Waals surface area contributed by atoms with Crippen LogP contribution in [0.15, 0.2) is 0 Å². The second kappa shape index (κ2) is 7.23. The molecule has 0 spiro atoms. The van der Waals surface area contributed by atoms with Crippen LogP contribution in [-0.4, -0.2) is 104 Å². The molecule has 0 aromatic heterocycles. The van der Waals surface area contributed by atoms with Gasteiger partial charge in [0.2, 0.25) is 5.79 Å². The Morgan fingerprint density at radius 1 is 0.913 bits per heavy atom. The predicted octanol–water partition coefficient (Wildman–Crippen LogP) is -3.98. The minimum absolute atomic E-state index is 0.308. The molecule has 0 aromatic carbocycles. The van der Waals surface area contributed by atoms with E-state index in [0.29, 0.717) is 6.42 Å². The molecule has 0 bridgehead atoms. The Kier molecular flexibility index (Phi) is 5.95. The van der Waals surface area contributed by atoms with Gasteiger partial charge >= 0.3 is 0 Å². The molecule has 136 valence electrons. The van der Waals surface area contributed by atoms with Crippen LogP contribution in [0.3, 0.4) is 0 Å². The number of aliphatic hydroxyl groups is 7. The first-order valence-electron chi connectivity index (χ1n) is 7.44. The van der Waals surface area contributed by atoms with Crippen LogP contribution in [0.1, 0.15) is 13.3 Å². The maximum Gasteiger partial charge on any atom is 0.224 e. The van der Waals surface area contributed by atoms with E-state index in [1.165, 1.54) is 0 Å². The van der Waals surface area contributed by atoms with E-state index in [9.17, 15) is 30.6 Å². The zero-order chi connectivity index (χ0) is 17.4. The number of ether oxygens (including phenoxy) is 3. The van der Waals surface area contributed by atoms with Crippen LogP contribution < -0.4 is 0 Å². The maximum atomic E-state index is 10.0. The lowest BCUT2D eigenvalue weighted by Crippen LogP contribution is -2.62. The van der Waals surface area contributed by atoms with Gasteiger partial charge in [0.1, 0.15) is 43.2 Å². The molecule has 0 aliphatic carbocycles. The van der Waals surface area contributed by atoms with Gasteiger partial charge in [-0.15, -0.1) is 0 Å². The van der Waals surface area contributed by atoms with Gasteiger partial charge in [-0.2, -0.15) is 0 Å². The summed E-state index contributed by atoms with van der Waals surface area (Å²) in [7, 11) is 0. The molecule has 2 aliphatic heterocycles. The molecule has 23 heavy (non-hydrogen) atoms. The first kappa shape index (κ1) is 18.9. The van der Waals surface area contributed by atoms with Crippen molar-refractivity contribution < 1.29 is 50.0 Å². The average molecular weight is 340 g/mol. The Morgan fingerprint density at radius 3 is 2.04 bits per heavy atom. The van der Waals surface area contributed by atoms with Crippen LogP contribution in [-0.2, 0) is 14.2 Å². The van der Waals surface area contributed by atoms with Crippen molar-refractivity contribution in [2.24, 2.45) is 0 Å². The van der Waals surface area contributed by atoms with Gasteiger partial charge in [0.25, 0.3) is 0 Å². The van der Waals surface area contributed by atoms with Crippen molar-refractivity contribution in [2.45, 2.75) is 68.1 Å². The van der Waals surface area contributed by atoms with E-state index in [2.05, 4.69) is 0 Å². The lowest BCUT2D eigenvalue weighted by Gasteiger charge is -2.43. The summed E-state index contributed by atoms with van der Waals surface area (Å²) >= 11 is 0. The standard InChI is InChI=1S/C13H24O10/c1-2-5-7(16)9(18)10(19)12(21-5)23-13(4-15)11(20)8(17)6(3-14)22-13/h5-12,14-20H,2-4H2,1H3/t5-,6-,7-,8-,9+,10-,11+,12-,13+/m1/s1. The molecule has 2 aliphatic rings. The van der Waals surface area contributed by atoms with E-state index in [0.717, 1.165) is 0 Å². The molecule has 2 saturated heterocycles. The number of hydrogen-bond acceptors (Lipinski definition) is 10. The average Bonchev–Trinajstić information content (AvgIpc) is 2.80. The van der Waals surface area contributed by atoms with E-state index in [1.54, 1.807) is 6.92 Å². The lowest BCUT2D eigenvalue weighted by molar-refractivity contribution is -0.382. The Hall–Kier alpha value is -0.400. The lowest BCUT2D eigenvalue weighted by atomic mass is 9.97. The zero-order valence-electron chi connectivity index (χ0n) is 12.6. The van der Waals surface area contributed by atoms with Gasteiger partial charge in [-0.05, 0) is 6.42 Å². The second-order valence-corrected chi connectivity index (χ2v) is 5.79. The van der Waals surface area contributed by atoms with E-state index < -0.39 is 68.0 Å². The van der Waals surface area contributed by atoms with Crippen LogP contribution in [0, 0.1) is 0 Å². The van der Waals surface area contributed by atoms with Crippen molar-refractivity contribution in [2.75, 3.05) is 13.2 Å². The largest absolute Gasteiger partial charge is 0.394 e. The van der Waals surface area contributed by atoms with Crippen molar-refractivity contribution in [3.05, 3.63) is 0 Å². The Morgan fingerprint density at radius 2 is 1.57 bits per heavy atom. The minimum Gasteiger partial charge on any atom is -0.394 e. The highest BCUT2D eigenvalue weighted by molar-refractivity contribution is 4.98. The highest BCUT2D eigenvalue weighted by Gasteiger charge is 2.58. The molecule has 0 unspecified atom stereocenters. The normalized spacial score (nSPS) is 51.1. The fourth-order valence-corrected chi connectivity index (χ4v) is 2.82. The predicted molar refractivity (Wildman–Crippen MR) is 71.8 cm³/mol. The summed E-state index contributed by atoms with van der Waals surface area (Å²) in [6.45, 7) is 0.156. The van der Waals surface area contributed by atoms with E-state index in [4.69, 9.17) is 19.3 Å². The summed E-state index contributed by atoms with van der Waals surface area (Å²) in [5.74, 6) is -2.14. The first-order valence-corrected chi connectivity index (χ1v) is 7.44. The van der Waals surface area contributed by atoms with Gasteiger partial charge < -0.3 is 50.0 Å². The molecule has 7 N–H and O–H groups in total.